The van der Waals surface area contributed by atoms with Gasteiger partial charge in [0.2, 0.25) is 11.7 Å². The van der Waals surface area contributed by atoms with Gasteiger partial charge in [-0.25, -0.2) is 4.98 Å². The highest BCUT2D eigenvalue weighted by Crippen LogP contribution is 1.99. The molecule has 4 heteroatoms. The molecule has 0 aliphatic carbocycles. The van der Waals surface area contributed by atoms with Crippen molar-refractivity contribution in [1.29, 1.82) is 0 Å². The third kappa shape index (κ3) is 0.721. The second-order valence-corrected chi connectivity index (χ2v) is 1.55. The Morgan fingerprint density at radius 1 is 1.88 bits per heavy atom. The molecule has 42 valence electrons. The van der Waals surface area contributed by atoms with Gasteiger partial charge in [-0.15, -0.1) is 0 Å². The van der Waals surface area contributed by atoms with Crippen molar-refractivity contribution in [3.8, 4) is 0 Å². The summed E-state index contributed by atoms with van der Waals surface area (Å²) in [5.74, 6) is 0. The SMILES string of the molecule is O=Cn1ccnc1Cl. The van der Waals surface area contributed by atoms with Crippen molar-refractivity contribution >= 4 is 18.0 Å². The first-order valence-corrected chi connectivity index (χ1v) is 2.36. The summed E-state index contributed by atoms with van der Waals surface area (Å²) in [6, 6.07) is 0. The van der Waals surface area contributed by atoms with Gasteiger partial charge in [0, 0.05) is 12.4 Å². The molecule has 0 fully saturated rings. The molecular formula is C4H3ClN2O. The Balaban J connectivity index is 3.09. The summed E-state index contributed by atoms with van der Waals surface area (Å²) in [4.78, 5) is 13.5. The molecule has 0 amide bonds. The van der Waals surface area contributed by atoms with E-state index in [4.69, 9.17) is 11.6 Å². The molecule has 0 atom stereocenters. The number of hydrogen-bond acceptors (Lipinski definition) is 2. The molecule has 0 spiro atoms. The normalized spacial score (nSPS) is 9.12. The van der Waals surface area contributed by atoms with E-state index in [0.717, 1.165) is 0 Å². The van der Waals surface area contributed by atoms with E-state index in [1.165, 1.54) is 17.0 Å². The third-order valence-electron chi connectivity index (χ3n) is 0.735. The van der Waals surface area contributed by atoms with Crippen LogP contribution < -0.4 is 0 Å². The number of carbonyl (C=O) groups excluding carboxylic acids is 1. The fourth-order valence-electron chi connectivity index (χ4n) is 0.373. The van der Waals surface area contributed by atoms with Gasteiger partial charge in [0.05, 0.1) is 0 Å². The average Bonchev–Trinajstić information content (AvgIpc) is 2.14. The summed E-state index contributed by atoms with van der Waals surface area (Å²) in [6.07, 6.45) is 3.53. The Labute approximate surface area is 50.9 Å². The second-order valence-electron chi connectivity index (χ2n) is 1.21. The molecule has 1 rings (SSSR count). The van der Waals surface area contributed by atoms with Crippen LogP contribution in [0, 0.1) is 0 Å². The topological polar surface area (TPSA) is 34.9 Å². The molecule has 1 aromatic heterocycles. The molecule has 0 bridgehead atoms. The predicted octanol–water partition coefficient (Wildman–Crippen LogP) is 0.575. The Bertz CT molecular complexity index is 196. The van der Waals surface area contributed by atoms with Crippen LogP contribution >= 0.6 is 11.6 Å². The maximum absolute atomic E-state index is 9.93. The minimum absolute atomic E-state index is 0.194. The molecule has 0 aliphatic heterocycles. The van der Waals surface area contributed by atoms with Crippen LogP contribution in [0.15, 0.2) is 12.4 Å². The number of hydrogen-bond donors (Lipinski definition) is 0. The molecule has 0 aromatic carbocycles. The van der Waals surface area contributed by atoms with E-state index in [9.17, 15) is 4.79 Å². The first-order valence-electron chi connectivity index (χ1n) is 1.98. The first kappa shape index (κ1) is 5.31. The van der Waals surface area contributed by atoms with Crippen LogP contribution in [-0.2, 0) is 4.79 Å². The standard InChI is InChI=1S/C4H3ClN2O/c5-4-6-1-2-7(4)3-8/h1-3H. The number of aromatic nitrogens is 2. The Morgan fingerprint density at radius 3 is 2.88 bits per heavy atom. The van der Waals surface area contributed by atoms with Crippen molar-refractivity contribution in [1.82, 2.24) is 9.55 Å². The van der Waals surface area contributed by atoms with E-state index in [2.05, 4.69) is 4.98 Å². The molecule has 0 aliphatic rings. The van der Waals surface area contributed by atoms with Crippen LogP contribution in [0.4, 0.5) is 0 Å². The maximum atomic E-state index is 9.93. The van der Waals surface area contributed by atoms with Gasteiger partial charge < -0.3 is 0 Å². The van der Waals surface area contributed by atoms with Gasteiger partial charge in [-0.3, -0.25) is 9.36 Å². The lowest BCUT2D eigenvalue weighted by Gasteiger charge is -1.83. The summed E-state index contributed by atoms with van der Waals surface area (Å²) >= 11 is 5.36. The van der Waals surface area contributed by atoms with E-state index < -0.39 is 0 Å². The highest BCUT2D eigenvalue weighted by Gasteiger charge is 1.92. The lowest BCUT2D eigenvalue weighted by Crippen LogP contribution is -1.90. The van der Waals surface area contributed by atoms with Crippen LogP contribution in [0.2, 0.25) is 5.28 Å². The zero-order valence-corrected chi connectivity index (χ0v) is 4.67. The van der Waals surface area contributed by atoms with Gasteiger partial charge in [0.15, 0.2) is 0 Å². The molecule has 3 nitrogen and oxygen atoms in total. The van der Waals surface area contributed by atoms with Gasteiger partial charge in [0.1, 0.15) is 0 Å². The molecule has 0 saturated heterocycles. The van der Waals surface area contributed by atoms with Crippen LogP contribution in [0.1, 0.15) is 0 Å². The first-order chi connectivity index (χ1) is 3.84. The fraction of sp³-hybridized carbons (Fsp3) is 0. The lowest BCUT2D eigenvalue weighted by molar-refractivity contribution is 0.547. The molecule has 0 radical (unpaired) electrons. The predicted molar refractivity (Wildman–Crippen MR) is 29.4 cm³/mol. The monoisotopic (exact) mass is 130 g/mol. The Hall–Kier alpha value is -0.830. The van der Waals surface area contributed by atoms with Gasteiger partial charge in [-0.1, -0.05) is 0 Å². The molecular weight excluding hydrogens is 128 g/mol. The van der Waals surface area contributed by atoms with Gasteiger partial charge >= 0.3 is 0 Å². The van der Waals surface area contributed by atoms with Crippen molar-refractivity contribution in [2.75, 3.05) is 0 Å². The average molecular weight is 131 g/mol. The van der Waals surface area contributed by atoms with Crippen molar-refractivity contribution < 1.29 is 4.79 Å². The highest BCUT2D eigenvalue weighted by molar-refractivity contribution is 6.29. The van der Waals surface area contributed by atoms with Crippen LogP contribution in [0.25, 0.3) is 0 Å². The van der Waals surface area contributed by atoms with Crippen molar-refractivity contribution in [3.05, 3.63) is 17.7 Å². The zero-order chi connectivity index (χ0) is 5.98. The number of halogens is 1. The number of rotatable bonds is 1. The Kier molecular flexibility index (Phi) is 1.30. The molecule has 1 heterocycles. The molecule has 0 saturated carbocycles. The summed E-state index contributed by atoms with van der Waals surface area (Å²) in [6.45, 7) is 0. The maximum Gasteiger partial charge on any atom is 0.220 e. The number of carbonyl (C=O) groups is 1. The summed E-state index contributed by atoms with van der Waals surface area (Å²) < 4.78 is 1.18. The number of imidazole rings is 1. The van der Waals surface area contributed by atoms with E-state index in [0.29, 0.717) is 6.41 Å². The Morgan fingerprint density at radius 2 is 2.62 bits per heavy atom. The molecule has 8 heavy (non-hydrogen) atoms. The van der Waals surface area contributed by atoms with Gasteiger partial charge in [-0.2, -0.15) is 0 Å². The summed E-state index contributed by atoms with van der Waals surface area (Å²) in [5, 5.41) is 0.194. The smallest absolute Gasteiger partial charge is 0.220 e. The van der Waals surface area contributed by atoms with Crippen molar-refractivity contribution in [2.45, 2.75) is 0 Å². The van der Waals surface area contributed by atoms with E-state index >= 15 is 0 Å². The highest BCUT2D eigenvalue weighted by atomic mass is 35.5. The molecule has 0 unspecified atom stereocenters. The van der Waals surface area contributed by atoms with E-state index in [1.807, 2.05) is 0 Å². The van der Waals surface area contributed by atoms with Crippen LogP contribution in [0.3, 0.4) is 0 Å². The zero-order valence-electron chi connectivity index (χ0n) is 3.91. The molecule has 0 N–H and O–H groups in total. The quantitative estimate of drug-likeness (QED) is 0.521. The van der Waals surface area contributed by atoms with Crippen LogP contribution in [0.5, 0.6) is 0 Å². The molecule has 1 aromatic rings. The van der Waals surface area contributed by atoms with Crippen molar-refractivity contribution in [3.63, 3.8) is 0 Å². The summed E-state index contributed by atoms with van der Waals surface area (Å²) in [7, 11) is 0. The van der Waals surface area contributed by atoms with Crippen LogP contribution in [-0.4, -0.2) is 16.0 Å². The largest absolute Gasteiger partial charge is 0.278 e. The van der Waals surface area contributed by atoms with Crippen molar-refractivity contribution in [2.24, 2.45) is 0 Å². The fourth-order valence-corrected chi connectivity index (χ4v) is 0.526. The van der Waals surface area contributed by atoms with E-state index in [-0.39, 0.29) is 5.28 Å². The minimum Gasteiger partial charge on any atom is -0.278 e. The minimum atomic E-state index is 0.194. The number of nitrogens with zero attached hydrogens (tertiary/aromatic N) is 2. The van der Waals surface area contributed by atoms with Gasteiger partial charge in [-0.05, 0) is 11.6 Å². The third-order valence-corrected chi connectivity index (χ3v) is 1.03. The van der Waals surface area contributed by atoms with Gasteiger partial charge in [0.25, 0.3) is 0 Å². The van der Waals surface area contributed by atoms with E-state index in [1.54, 1.807) is 0 Å². The second kappa shape index (κ2) is 1.96. The lowest BCUT2D eigenvalue weighted by atomic mass is 10.9. The summed E-state index contributed by atoms with van der Waals surface area (Å²) in [5.41, 5.74) is 0.